The minimum absolute atomic E-state index is 0.0972. The standard InChI is InChI=1S/C24H29ClF2N4O2/c25-18-12-20(29-21(28)13-18)15-31-10-7-19(8-11-31)30-22(32)24(33,16-4-2-1-3-5-16)17-6-9-23(26,27)14-17/h1-5,12-13,17,19,33H,6-11,14-15H2,(H2,28,29)(H,30,32)/t17-,24?/m1/s1. The monoisotopic (exact) mass is 478 g/mol. The lowest BCUT2D eigenvalue weighted by Gasteiger charge is -2.37. The van der Waals surface area contributed by atoms with Gasteiger partial charge in [0.05, 0.1) is 5.69 Å². The fraction of sp³-hybridized carbons (Fsp3) is 0.500. The van der Waals surface area contributed by atoms with E-state index in [1.165, 1.54) is 0 Å². The fourth-order valence-corrected chi connectivity index (χ4v) is 5.20. The van der Waals surface area contributed by atoms with Crippen LogP contribution in [0.5, 0.6) is 0 Å². The summed E-state index contributed by atoms with van der Waals surface area (Å²) < 4.78 is 27.9. The molecule has 2 atom stereocenters. The minimum Gasteiger partial charge on any atom is -0.384 e. The van der Waals surface area contributed by atoms with Gasteiger partial charge in [-0.2, -0.15) is 0 Å². The van der Waals surface area contributed by atoms with Gasteiger partial charge in [-0.25, -0.2) is 13.8 Å². The third-order valence-corrected chi connectivity index (χ3v) is 6.94. The van der Waals surface area contributed by atoms with Gasteiger partial charge in [0.25, 0.3) is 5.91 Å². The summed E-state index contributed by atoms with van der Waals surface area (Å²) >= 11 is 6.06. The van der Waals surface area contributed by atoms with Crippen molar-refractivity contribution in [3.63, 3.8) is 0 Å². The molecule has 1 saturated heterocycles. The second-order valence-electron chi connectivity index (χ2n) is 9.15. The van der Waals surface area contributed by atoms with Crippen LogP contribution in [0.25, 0.3) is 0 Å². The van der Waals surface area contributed by atoms with Crippen LogP contribution in [-0.4, -0.2) is 46.0 Å². The van der Waals surface area contributed by atoms with E-state index in [1.807, 2.05) is 0 Å². The van der Waals surface area contributed by atoms with E-state index in [0.717, 1.165) is 5.69 Å². The Morgan fingerprint density at radius 1 is 1.24 bits per heavy atom. The molecular formula is C24H29ClF2N4O2. The van der Waals surface area contributed by atoms with Crippen LogP contribution in [0.4, 0.5) is 14.6 Å². The second kappa shape index (κ2) is 9.52. The van der Waals surface area contributed by atoms with Gasteiger partial charge >= 0.3 is 0 Å². The van der Waals surface area contributed by atoms with Crippen LogP contribution in [0.1, 0.15) is 43.4 Å². The molecule has 1 saturated carbocycles. The van der Waals surface area contributed by atoms with Gasteiger partial charge in [0.15, 0.2) is 5.60 Å². The van der Waals surface area contributed by atoms with Crippen molar-refractivity contribution in [3.8, 4) is 0 Å². The number of nitrogens with one attached hydrogen (secondary N) is 1. The zero-order chi connectivity index (χ0) is 23.6. The number of piperidine rings is 1. The molecule has 4 rings (SSSR count). The first-order valence-electron chi connectivity index (χ1n) is 11.3. The van der Waals surface area contributed by atoms with E-state index in [2.05, 4.69) is 15.2 Å². The lowest BCUT2D eigenvalue weighted by Crippen LogP contribution is -2.54. The molecule has 2 aliphatic rings. The maximum Gasteiger partial charge on any atom is 0.257 e. The van der Waals surface area contributed by atoms with Crippen molar-refractivity contribution >= 4 is 23.3 Å². The summed E-state index contributed by atoms with van der Waals surface area (Å²) in [5.41, 5.74) is 4.92. The first-order valence-corrected chi connectivity index (χ1v) is 11.6. The Morgan fingerprint density at radius 2 is 1.94 bits per heavy atom. The highest BCUT2D eigenvalue weighted by Crippen LogP contribution is 2.47. The molecule has 1 aromatic heterocycles. The topological polar surface area (TPSA) is 91.5 Å². The highest BCUT2D eigenvalue weighted by atomic mass is 35.5. The number of anilines is 1. The Bertz CT molecular complexity index is 965. The highest BCUT2D eigenvalue weighted by Gasteiger charge is 2.53. The van der Waals surface area contributed by atoms with Crippen LogP contribution in [0, 0.1) is 5.92 Å². The molecule has 178 valence electrons. The number of halogens is 3. The summed E-state index contributed by atoms with van der Waals surface area (Å²) in [4.78, 5) is 19.8. The predicted molar refractivity (Wildman–Crippen MR) is 123 cm³/mol. The number of nitrogens with two attached hydrogens (primary N) is 1. The molecule has 1 unspecified atom stereocenters. The maximum atomic E-state index is 14.0. The first-order chi connectivity index (χ1) is 15.7. The largest absolute Gasteiger partial charge is 0.384 e. The summed E-state index contributed by atoms with van der Waals surface area (Å²) in [6.07, 6.45) is 0.627. The van der Waals surface area contributed by atoms with Gasteiger partial charge in [0.1, 0.15) is 5.82 Å². The van der Waals surface area contributed by atoms with Gasteiger partial charge in [0.2, 0.25) is 5.92 Å². The van der Waals surface area contributed by atoms with Crippen molar-refractivity contribution in [1.82, 2.24) is 15.2 Å². The number of nitrogen functional groups attached to an aromatic ring is 1. The Labute approximate surface area is 197 Å². The lowest BCUT2D eigenvalue weighted by molar-refractivity contribution is -0.149. The molecule has 1 aromatic carbocycles. The molecule has 1 aliphatic carbocycles. The van der Waals surface area contributed by atoms with Crippen molar-refractivity contribution < 1.29 is 18.7 Å². The van der Waals surface area contributed by atoms with Gasteiger partial charge in [-0.05, 0) is 37.0 Å². The summed E-state index contributed by atoms with van der Waals surface area (Å²) in [6.45, 7) is 2.02. The quantitative estimate of drug-likeness (QED) is 0.588. The summed E-state index contributed by atoms with van der Waals surface area (Å²) in [5, 5.41) is 15.0. The smallest absolute Gasteiger partial charge is 0.257 e. The Morgan fingerprint density at radius 3 is 2.55 bits per heavy atom. The summed E-state index contributed by atoms with van der Waals surface area (Å²) in [7, 11) is 0. The minimum atomic E-state index is -2.86. The zero-order valence-electron chi connectivity index (χ0n) is 18.3. The molecule has 2 fully saturated rings. The SMILES string of the molecule is Nc1cc(Cl)cc(CN2CCC(NC(=O)C(O)(c3ccccc3)[C@@H]3CCC(F)(F)C3)CC2)n1. The molecule has 6 nitrogen and oxygen atoms in total. The van der Waals surface area contributed by atoms with Crippen LogP contribution >= 0.6 is 11.6 Å². The normalized spacial score (nSPS) is 23.2. The predicted octanol–water partition coefficient (Wildman–Crippen LogP) is 3.72. The van der Waals surface area contributed by atoms with Gasteiger partial charge in [-0.3, -0.25) is 9.69 Å². The fourth-order valence-electron chi connectivity index (χ4n) is 4.96. The van der Waals surface area contributed by atoms with E-state index in [1.54, 1.807) is 42.5 Å². The Kier molecular flexibility index (Phi) is 6.88. The summed E-state index contributed by atoms with van der Waals surface area (Å²) in [6, 6.07) is 11.7. The number of likely N-dealkylation sites (tertiary alicyclic amines) is 1. The van der Waals surface area contributed by atoms with Crippen LogP contribution in [-0.2, 0) is 16.9 Å². The highest BCUT2D eigenvalue weighted by molar-refractivity contribution is 6.30. The van der Waals surface area contributed by atoms with Crippen LogP contribution in [0.3, 0.4) is 0 Å². The molecule has 1 aliphatic heterocycles. The van der Waals surface area contributed by atoms with E-state index in [4.69, 9.17) is 17.3 Å². The number of hydrogen-bond acceptors (Lipinski definition) is 5. The molecule has 0 bridgehead atoms. The average Bonchev–Trinajstić information content (AvgIpc) is 3.14. The molecule has 4 N–H and O–H groups in total. The molecule has 2 heterocycles. The van der Waals surface area contributed by atoms with Gasteiger partial charge in [-0.15, -0.1) is 0 Å². The number of hydrogen-bond donors (Lipinski definition) is 3. The number of pyridine rings is 1. The first kappa shape index (κ1) is 23.9. The van der Waals surface area contributed by atoms with Crippen LogP contribution in [0.2, 0.25) is 5.02 Å². The van der Waals surface area contributed by atoms with Crippen molar-refractivity contribution in [2.45, 2.75) is 56.2 Å². The van der Waals surface area contributed by atoms with Crippen molar-refractivity contribution in [2.75, 3.05) is 18.8 Å². The van der Waals surface area contributed by atoms with Crippen molar-refractivity contribution in [3.05, 3.63) is 58.7 Å². The molecule has 1 amide bonds. The molecule has 0 radical (unpaired) electrons. The van der Waals surface area contributed by atoms with E-state index < -0.39 is 29.8 Å². The number of alkyl halides is 2. The van der Waals surface area contributed by atoms with Crippen LogP contribution < -0.4 is 11.1 Å². The van der Waals surface area contributed by atoms with E-state index in [0.29, 0.717) is 48.9 Å². The van der Waals surface area contributed by atoms with Crippen LogP contribution in [0.15, 0.2) is 42.5 Å². The number of carbonyl (C=O) groups excluding carboxylic acids is 1. The number of rotatable bonds is 6. The Hall–Kier alpha value is -2.29. The number of nitrogens with zero attached hydrogens (tertiary/aromatic N) is 2. The van der Waals surface area contributed by atoms with E-state index >= 15 is 0 Å². The molecule has 9 heteroatoms. The van der Waals surface area contributed by atoms with Crippen molar-refractivity contribution in [1.29, 1.82) is 0 Å². The number of aliphatic hydroxyl groups is 1. The Balaban J connectivity index is 1.41. The van der Waals surface area contributed by atoms with Crippen molar-refractivity contribution in [2.24, 2.45) is 5.92 Å². The molecule has 33 heavy (non-hydrogen) atoms. The number of carbonyl (C=O) groups is 1. The molecule has 0 spiro atoms. The number of benzene rings is 1. The van der Waals surface area contributed by atoms with Gasteiger partial charge < -0.3 is 16.2 Å². The zero-order valence-corrected chi connectivity index (χ0v) is 19.1. The van der Waals surface area contributed by atoms with E-state index in [-0.39, 0.29) is 18.9 Å². The summed E-state index contributed by atoms with van der Waals surface area (Å²) in [5.74, 6) is -3.93. The molecular weight excluding hydrogens is 450 g/mol. The maximum absolute atomic E-state index is 14.0. The van der Waals surface area contributed by atoms with Gasteiger partial charge in [0, 0.05) is 49.5 Å². The van der Waals surface area contributed by atoms with Gasteiger partial charge in [-0.1, -0.05) is 41.9 Å². The molecule has 2 aromatic rings. The van der Waals surface area contributed by atoms with E-state index in [9.17, 15) is 18.7 Å². The number of aromatic nitrogens is 1. The third-order valence-electron chi connectivity index (χ3n) is 6.73. The second-order valence-corrected chi connectivity index (χ2v) is 9.59. The third kappa shape index (κ3) is 5.45. The average molecular weight is 479 g/mol. The lowest BCUT2D eigenvalue weighted by atomic mass is 9.79. The number of amides is 1.